The number of thioether (sulfide) groups is 1. The largest absolute Gasteiger partial charge is 0.340 e. The molecule has 0 aromatic heterocycles. The summed E-state index contributed by atoms with van der Waals surface area (Å²) >= 11 is 1.69. The Morgan fingerprint density at radius 1 is 1.03 bits per heavy atom. The molecule has 2 amide bonds. The first-order valence-electron chi connectivity index (χ1n) is 10.9. The second-order valence-corrected chi connectivity index (χ2v) is 9.19. The fourth-order valence-electron chi connectivity index (χ4n) is 3.90. The lowest BCUT2D eigenvalue weighted by Gasteiger charge is -2.36. The lowest BCUT2D eigenvalue weighted by molar-refractivity contribution is -0.135. The van der Waals surface area contributed by atoms with Crippen LogP contribution in [0.1, 0.15) is 33.5 Å². The van der Waals surface area contributed by atoms with Crippen LogP contribution < -0.4 is 5.32 Å². The molecule has 1 aliphatic rings. The van der Waals surface area contributed by atoms with Crippen LogP contribution in [0.5, 0.6) is 0 Å². The van der Waals surface area contributed by atoms with Crippen LogP contribution in [-0.2, 0) is 11.3 Å². The molecule has 1 heterocycles. The van der Waals surface area contributed by atoms with E-state index < -0.39 is 6.04 Å². The smallest absolute Gasteiger partial charge is 0.251 e. The van der Waals surface area contributed by atoms with E-state index in [1.165, 1.54) is 11.1 Å². The molecule has 1 saturated heterocycles. The summed E-state index contributed by atoms with van der Waals surface area (Å²) in [7, 11) is 0. The summed E-state index contributed by atoms with van der Waals surface area (Å²) < 4.78 is 0. The SMILES string of the molecule is CSCCC(NC(=O)c1cccc(C)c1)C(=O)N1CCN(Cc2ccccc2C)CC1. The number of nitrogens with one attached hydrogen (secondary N) is 1. The van der Waals surface area contributed by atoms with Crippen LogP contribution in [0.4, 0.5) is 0 Å². The molecule has 166 valence electrons. The number of rotatable bonds is 8. The Morgan fingerprint density at radius 2 is 1.77 bits per heavy atom. The maximum Gasteiger partial charge on any atom is 0.251 e. The summed E-state index contributed by atoms with van der Waals surface area (Å²) in [6.07, 6.45) is 2.66. The van der Waals surface area contributed by atoms with Crippen molar-refractivity contribution in [1.29, 1.82) is 0 Å². The van der Waals surface area contributed by atoms with Crippen molar-refractivity contribution in [2.45, 2.75) is 32.9 Å². The normalized spacial score (nSPS) is 15.5. The van der Waals surface area contributed by atoms with Crippen molar-refractivity contribution in [3.05, 3.63) is 70.8 Å². The summed E-state index contributed by atoms with van der Waals surface area (Å²) in [4.78, 5) is 30.3. The second kappa shape index (κ2) is 11.3. The number of piperazine rings is 1. The van der Waals surface area contributed by atoms with E-state index in [4.69, 9.17) is 0 Å². The number of hydrogen-bond donors (Lipinski definition) is 1. The van der Waals surface area contributed by atoms with E-state index in [0.717, 1.165) is 31.0 Å². The maximum absolute atomic E-state index is 13.2. The lowest BCUT2D eigenvalue weighted by atomic mass is 10.1. The number of carbonyl (C=O) groups excluding carboxylic acids is 2. The fourth-order valence-corrected chi connectivity index (χ4v) is 4.37. The van der Waals surface area contributed by atoms with Crippen molar-refractivity contribution in [2.24, 2.45) is 0 Å². The van der Waals surface area contributed by atoms with Gasteiger partial charge in [-0.1, -0.05) is 42.0 Å². The third kappa shape index (κ3) is 6.58. The van der Waals surface area contributed by atoms with Crippen LogP contribution in [0.3, 0.4) is 0 Å². The van der Waals surface area contributed by atoms with Crippen molar-refractivity contribution in [3.63, 3.8) is 0 Å². The minimum atomic E-state index is -0.483. The molecule has 0 spiro atoms. The van der Waals surface area contributed by atoms with E-state index in [0.29, 0.717) is 25.1 Å². The minimum absolute atomic E-state index is 0.0330. The first-order chi connectivity index (χ1) is 15.0. The van der Waals surface area contributed by atoms with Crippen molar-refractivity contribution < 1.29 is 9.59 Å². The van der Waals surface area contributed by atoms with Crippen LogP contribution in [0.15, 0.2) is 48.5 Å². The Morgan fingerprint density at radius 3 is 2.45 bits per heavy atom. The molecule has 2 aromatic rings. The van der Waals surface area contributed by atoms with Crippen LogP contribution in [0.25, 0.3) is 0 Å². The maximum atomic E-state index is 13.2. The predicted octanol–water partition coefficient (Wildman–Crippen LogP) is 3.50. The van der Waals surface area contributed by atoms with Crippen LogP contribution in [0.2, 0.25) is 0 Å². The standard InChI is InChI=1S/C25H33N3O2S/c1-19-7-6-10-21(17-19)24(29)26-23(11-16-31-3)25(30)28-14-12-27(13-15-28)18-22-9-5-4-8-20(22)2/h4-10,17,23H,11-16,18H2,1-3H3,(H,26,29). The van der Waals surface area contributed by atoms with E-state index in [1.807, 2.05) is 36.3 Å². The van der Waals surface area contributed by atoms with E-state index in [-0.39, 0.29) is 11.8 Å². The van der Waals surface area contributed by atoms with Gasteiger partial charge in [-0.2, -0.15) is 11.8 Å². The molecule has 0 aliphatic carbocycles. The number of benzene rings is 2. The molecular weight excluding hydrogens is 406 g/mol. The lowest BCUT2D eigenvalue weighted by Crippen LogP contribution is -2.55. The van der Waals surface area contributed by atoms with Crippen molar-refractivity contribution >= 4 is 23.6 Å². The van der Waals surface area contributed by atoms with Gasteiger partial charge in [0.1, 0.15) is 6.04 Å². The van der Waals surface area contributed by atoms with Gasteiger partial charge in [-0.05, 0) is 55.5 Å². The van der Waals surface area contributed by atoms with Crippen LogP contribution >= 0.6 is 11.8 Å². The van der Waals surface area contributed by atoms with Gasteiger partial charge in [0.25, 0.3) is 5.91 Å². The summed E-state index contributed by atoms with van der Waals surface area (Å²) in [5, 5.41) is 2.99. The first-order valence-corrected chi connectivity index (χ1v) is 12.3. The topological polar surface area (TPSA) is 52.7 Å². The Kier molecular flexibility index (Phi) is 8.55. The molecule has 31 heavy (non-hydrogen) atoms. The molecule has 0 saturated carbocycles. The molecule has 0 bridgehead atoms. The molecule has 6 heteroatoms. The minimum Gasteiger partial charge on any atom is -0.340 e. The second-order valence-electron chi connectivity index (χ2n) is 8.20. The Balaban J connectivity index is 1.58. The zero-order valence-electron chi connectivity index (χ0n) is 18.8. The Labute approximate surface area is 190 Å². The molecule has 1 unspecified atom stereocenters. The molecular formula is C25H33N3O2S. The van der Waals surface area contributed by atoms with Crippen LogP contribution in [-0.4, -0.2) is 65.8 Å². The first kappa shape index (κ1) is 23.4. The zero-order chi connectivity index (χ0) is 22.2. The highest BCUT2D eigenvalue weighted by molar-refractivity contribution is 7.98. The summed E-state index contributed by atoms with van der Waals surface area (Å²) in [6.45, 7) is 8.10. The molecule has 2 aromatic carbocycles. The Hall–Kier alpha value is -2.31. The molecule has 5 nitrogen and oxygen atoms in total. The van der Waals surface area contributed by atoms with Crippen molar-refractivity contribution in [3.8, 4) is 0 Å². The van der Waals surface area contributed by atoms with Crippen molar-refractivity contribution in [2.75, 3.05) is 38.2 Å². The average molecular weight is 440 g/mol. The molecule has 0 radical (unpaired) electrons. The van der Waals surface area contributed by atoms with Gasteiger partial charge in [0.15, 0.2) is 0 Å². The van der Waals surface area contributed by atoms with E-state index >= 15 is 0 Å². The molecule has 1 atom stereocenters. The number of hydrogen-bond acceptors (Lipinski definition) is 4. The summed E-state index contributed by atoms with van der Waals surface area (Å²) in [5.74, 6) is 0.685. The average Bonchev–Trinajstić information content (AvgIpc) is 2.78. The third-order valence-electron chi connectivity index (χ3n) is 5.83. The Bertz CT molecular complexity index is 894. The number of nitrogens with zero attached hydrogens (tertiary/aromatic N) is 2. The van der Waals surface area contributed by atoms with Gasteiger partial charge in [0.2, 0.25) is 5.91 Å². The zero-order valence-corrected chi connectivity index (χ0v) is 19.6. The quantitative estimate of drug-likeness (QED) is 0.684. The van der Waals surface area contributed by atoms with Gasteiger partial charge >= 0.3 is 0 Å². The van der Waals surface area contributed by atoms with Gasteiger partial charge in [0.05, 0.1) is 0 Å². The molecule has 3 rings (SSSR count). The fraction of sp³-hybridized carbons (Fsp3) is 0.440. The van der Waals surface area contributed by atoms with Crippen molar-refractivity contribution in [1.82, 2.24) is 15.1 Å². The number of amides is 2. The number of aryl methyl sites for hydroxylation is 2. The van der Waals surface area contributed by atoms with Gasteiger partial charge in [-0.15, -0.1) is 0 Å². The van der Waals surface area contributed by atoms with Gasteiger partial charge in [-0.25, -0.2) is 0 Å². The summed E-state index contributed by atoms with van der Waals surface area (Å²) in [5.41, 5.74) is 4.27. The predicted molar refractivity (Wildman–Crippen MR) is 128 cm³/mol. The molecule has 1 aliphatic heterocycles. The summed E-state index contributed by atoms with van der Waals surface area (Å²) in [6, 6.07) is 15.5. The highest BCUT2D eigenvalue weighted by Crippen LogP contribution is 2.14. The van der Waals surface area contributed by atoms with E-state index in [1.54, 1.807) is 17.8 Å². The molecule has 1 fully saturated rings. The van der Waals surface area contributed by atoms with Crippen LogP contribution in [0, 0.1) is 13.8 Å². The van der Waals surface area contributed by atoms with E-state index in [9.17, 15) is 9.59 Å². The highest BCUT2D eigenvalue weighted by Gasteiger charge is 2.28. The van der Waals surface area contributed by atoms with Gasteiger partial charge in [0, 0.05) is 38.3 Å². The van der Waals surface area contributed by atoms with E-state index in [2.05, 4.69) is 41.4 Å². The third-order valence-corrected chi connectivity index (χ3v) is 6.48. The molecule has 1 N–H and O–H groups in total. The van der Waals surface area contributed by atoms with Gasteiger partial charge < -0.3 is 10.2 Å². The monoisotopic (exact) mass is 439 g/mol. The highest BCUT2D eigenvalue weighted by atomic mass is 32.2. The number of carbonyl (C=O) groups is 2. The van der Waals surface area contributed by atoms with Gasteiger partial charge in [-0.3, -0.25) is 14.5 Å².